The Morgan fingerprint density at radius 1 is 1.29 bits per heavy atom. The van der Waals surface area contributed by atoms with Crippen LogP contribution < -0.4 is 5.32 Å². The number of carbonyl (C=O) groups excluding carboxylic acids is 1. The molecule has 0 radical (unpaired) electrons. The fourth-order valence-electron chi connectivity index (χ4n) is 1.85. The molecule has 3 rings (SSSR count). The second-order valence-corrected chi connectivity index (χ2v) is 6.02. The number of hydrogen-bond donors (Lipinski definition) is 1. The molecule has 0 saturated carbocycles. The molecule has 0 fully saturated rings. The molecular weight excluding hydrogens is 308 g/mol. The normalized spacial score (nSPS) is 10.6. The molecule has 3 aromatic heterocycles. The van der Waals surface area contributed by atoms with Gasteiger partial charge in [0.05, 0.1) is 21.1 Å². The first-order valence-corrected chi connectivity index (χ1v) is 7.36. The van der Waals surface area contributed by atoms with Gasteiger partial charge in [0.15, 0.2) is 0 Å². The Labute approximate surface area is 130 Å². The average molecular weight is 319 g/mol. The van der Waals surface area contributed by atoms with Crippen LogP contribution in [-0.4, -0.2) is 20.4 Å². The molecule has 0 atom stereocenters. The molecule has 0 aromatic carbocycles. The molecule has 3 aromatic rings. The van der Waals surface area contributed by atoms with Crippen LogP contribution in [0.4, 0.5) is 5.69 Å². The van der Waals surface area contributed by atoms with Crippen molar-refractivity contribution in [3.63, 3.8) is 0 Å². The lowest BCUT2D eigenvalue weighted by atomic mass is 10.3. The Morgan fingerprint density at radius 3 is 2.71 bits per heavy atom. The molecule has 0 spiro atoms. The Hall–Kier alpha value is -2.18. The maximum atomic E-state index is 12.0. The second kappa shape index (κ2) is 5.67. The number of anilines is 1. The average Bonchev–Trinajstić information content (AvgIpc) is 3.08. The van der Waals surface area contributed by atoms with Gasteiger partial charge in [0.2, 0.25) is 0 Å². The van der Waals surface area contributed by atoms with Crippen LogP contribution in [0.15, 0.2) is 42.9 Å². The van der Waals surface area contributed by atoms with E-state index in [0.717, 1.165) is 11.6 Å². The van der Waals surface area contributed by atoms with Gasteiger partial charge in [-0.1, -0.05) is 11.6 Å². The molecule has 0 aliphatic carbocycles. The van der Waals surface area contributed by atoms with E-state index < -0.39 is 0 Å². The summed E-state index contributed by atoms with van der Waals surface area (Å²) in [5.41, 5.74) is 0.631. The SMILES string of the molecule is Cc1nccn1-c1ccc(NC(=O)c2ccc(Cl)s2)cn1. The van der Waals surface area contributed by atoms with E-state index in [1.165, 1.54) is 11.3 Å². The fourth-order valence-corrected chi connectivity index (χ4v) is 2.79. The van der Waals surface area contributed by atoms with Gasteiger partial charge in [-0.3, -0.25) is 9.36 Å². The van der Waals surface area contributed by atoms with Gasteiger partial charge in [-0.15, -0.1) is 11.3 Å². The third kappa shape index (κ3) is 2.96. The smallest absolute Gasteiger partial charge is 0.265 e. The van der Waals surface area contributed by atoms with E-state index in [1.54, 1.807) is 30.6 Å². The predicted molar refractivity (Wildman–Crippen MR) is 83.4 cm³/mol. The number of nitrogens with zero attached hydrogens (tertiary/aromatic N) is 3. The highest BCUT2D eigenvalue weighted by atomic mass is 35.5. The molecule has 0 aliphatic heterocycles. The van der Waals surface area contributed by atoms with Crippen molar-refractivity contribution < 1.29 is 4.79 Å². The number of carbonyl (C=O) groups is 1. The highest BCUT2D eigenvalue weighted by Crippen LogP contribution is 2.22. The van der Waals surface area contributed by atoms with Crippen molar-refractivity contribution in [3.05, 3.63) is 57.9 Å². The lowest BCUT2D eigenvalue weighted by Crippen LogP contribution is -2.10. The summed E-state index contributed by atoms with van der Waals surface area (Å²) in [5, 5.41) is 2.78. The first kappa shape index (κ1) is 13.8. The zero-order valence-corrected chi connectivity index (χ0v) is 12.6. The molecular formula is C14H11ClN4OS. The second-order valence-electron chi connectivity index (χ2n) is 4.31. The molecule has 1 N–H and O–H groups in total. The number of aromatic nitrogens is 3. The first-order valence-electron chi connectivity index (χ1n) is 6.16. The Bertz CT molecular complexity index is 778. The van der Waals surface area contributed by atoms with Crippen molar-refractivity contribution in [2.45, 2.75) is 6.92 Å². The van der Waals surface area contributed by atoms with Crippen molar-refractivity contribution >= 4 is 34.5 Å². The van der Waals surface area contributed by atoms with E-state index in [4.69, 9.17) is 11.6 Å². The number of hydrogen-bond acceptors (Lipinski definition) is 4. The molecule has 0 unspecified atom stereocenters. The molecule has 0 bridgehead atoms. The molecule has 0 aliphatic rings. The molecule has 0 saturated heterocycles. The molecule has 21 heavy (non-hydrogen) atoms. The Balaban J connectivity index is 1.76. The number of nitrogens with one attached hydrogen (secondary N) is 1. The Kier molecular flexibility index (Phi) is 3.72. The standard InChI is InChI=1S/C14H11ClN4OS/c1-9-16-6-7-19(9)13-5-2-10(8-17-13)18-14(20)11-3-4-12(15)21-11/h2-8H,1H3,(H,18,20). The summed E-state index contributed by atoms with van der Waals surface area (Å²) in [7, 11) is 0. The molecule has 106 valence electrons. The number of amides is 1. The minimum absolute atomic E-state index is 0.194. The summed E-state index contributed by atoms with van der Waals surface area (Å²) in [6.45, 7) is 1.90. The number of aryl methyl sites for hydroxylation is 1. The van der Waals surface area contributed by atoms with Crippen molar-refractivity contribution in [1.29, 1.82) is 0 Å². The van der Waals surface area contributed by atoms with Gasteiger partial charge in [-0.05, 0) is 31.2 Å². The van der Waals surface area contributed by atoms with Crippen LogP contribution in [0, 0.1) is 6.92 Å². The van der Waals surface area contributed by atoms with E-state index in [-0.39, 0.29) is 5.91 Å². The number of pyridine rings is 1. The zero-order chi connectivity index (χ0) is 14.8. The van der Waals surface area contributed by atoms with E-state index in [9.17, 15) is 4.79 Å². The quantitative estimate of drug-likeness (QED) is 0.803. The van der Waals surface area contributed by atoms with Gasteiger partial charge in [0.1, 0.15) is 11.6 Å². The summed E-state index contributed by atoms with van der Waals surface area (Å²) >= 11 is 7.06. The van der Waals surface area contributed by atoms with Crippen LogP contribution in [0.5, 0.6) is 0 Å². The molecule has 7 heteroatoms. The third-order valence-electron chi connectivity index (χ3n) is 2.88. The van der Waals surface area contributed by atoms with Gasteiger partial charge in [0, 0.05) is 12.4 Å². The van der Waals surface area contributed by atoms with Gasteiger partial charge >= 0.3 is 0 Å². The lowest BCUT2D eigenvalue weighted by Gasteiger charge is -2.06. The van der Waals surface area contributed by atoms with E-state index in [0.29, 0.717) is 14.9 Å². The van der Waals surface area contributed by atoms with Gasteiger partial charge in [-0.25, -0.2) is 9.97 Å². The predicted octanol–water partition coefficient (Wildman–Crippen LogP) is 3.54. The minimum Gasteiger partial charge on any atom is -0.320 e. The zero-order valence-electron chi connectivity index (χ0n) is 11.1. The molecule has 5 nitrogen and oxygen atoms in total. The minimum atomic E-state index is -0.194. The van der Waals surface area contributed by atoms with Crippen LogP contribution >= 0.6 is 22.9 Å². The van der Waals surface area contributed by atoms with Gasteiger partial charge in [0.25, 0.3) is 5.91 Å². The first-order chi connectivity index (χ1) is 10.1. The number of rotatable bonds is 3. The summed E-state index contributed by atoms with van der Waals surface area (Å²) < 4.78 is 2.45. The van der Waals surface area contributed by atoms with Gasteiger partial charge in [-0.2, -0.15) is 0 Å². The van der Waals surface area contributed by atoms with Crippen LogP contribution in [0.25, 0.3) is 5.82 Å². The summed E-state index contributed by atoms with van der Waals surface area (Å²) in [4.78, 5) is 21.0. The van der Waals surface area contributed by atoms with E-state index in [1.807, 2.05) is 23.8 Å². The van der Waals surface area contributed by atoms with Crippen molar-refractivity contribution in [2.24, 2.45) is 0 Å². The molecule has 1 amide bonds. The van der Waals surface area contributed by atoms with E-state index in [2.05, 4.69) is 15.3 Å². The van der Waals surface area contributed by atoms with Gasteiger partial charge < -0.3 is 5.32 Å². The van der Waals surface area contributed by atoms with Crippen molar-refractivity contribution in [1.82, 2.24) is 14.5 Å². The summed E-state index contributed by atoms with van der Waals surface area (Å²) in [6.07, 6.45) is 5.17. The number of imidazole rings is 1. The fraction of sp³-hybridized carbons (Fsp3) is 0.0714. The Morgan fingerprint density at radius 2 is 2.14 bits per heavy atom. The number of halogens is 1. The third-order valence-corrected chi connectivity index (χ3v) is 4.11. The van der Waals surface area contributed by atoms with Crippen LogP contribution in [0.3, 0.4) is 0 Å². The van der Waals surface area contributed by atoms with E-state index >= 15 is 0 Å². The lowest BCUT2D eigenvalue weighted by molar-refractivity contribution is 0.103. The van der Waals surface area contributed by atoms with Crippen LogP contribution in [0.1, 0.15) is 15.5 Å². The largest absolute Gasteiger partial charge is 0.320 e. The summed E-state index contributed by atoms with van der Waals surface area (Å²) in [6, 6.07) is 7.02. The maximum absolute atomic E-state index is 12.0. The number of thiophene rings is 1. The molecule has 3 heterocycles. The topological polar surface area (TPSA) is 59.8 Å². The highest BCUT2D eigenvalue weighted by Gasteiger charge is 2.09. The van der Waals surface area contributed by atoms with Crippen molar-refractivity contribution in [2.75, 3.05) is 5.32 Å². The van der Waals surface area contributed by atoms with Crippen LogP contribution in [-0.2, 0) is 0 Å². The van der Waals surface area contributed by atoms with Crippen molar-refractivity contribution in [3.8, 4) is 5.82 Å². The van der Waals surface area contributed by atoms with Crippen LogP contribution in [0.2, 0.25) is 4.34 Å². The summed E-state index contributed by atoms with van der Waals surface area (Å²) in [5.74, 6) is 1.41. The monoisotopic (exact) mass is 318 g/mol. The maximum Gasteiger partial charge on any atom is 0.265 e. The highest BCUT2D eigenvalue weighted by molar-refractivity contribution is 7.18.